The second kappa shape index (κ2) is 7.19. The standard InChI is InChI=1S/C21H26N4O2/c1-12(2)7-18-16-5-4-6-17-20(16)14(10-22-17)9-19(24-18)21(26)23-11-15-8-13(3)27-25-15/h4-6,8,10,12,18-19,22,24H,7,9,11H2,1-3H3,(H,23,26)/t18-,19-/m0/s1. The highest BCUT2D eigenvalue weighted by Gasteiger charge is 2.30. The fourth-order valence-corrected chi connectivity index (χ4v) is 3.99. The first-order valence-corrected chi connectivity index (χ1v) is 9.56. The first-order valence-electron chi connectivity index (χ1n) is 9.56. The number of hydrogen-bond donors (Lipinski definition) is 3. The molecule has 3 N–H and O–H groups in total. The Balaban J connectivity index is 1.58. The van der Waals surface area contributed by atoms with Crippen LogP contribution < -0.4 is 10.6 Å². The van der Waals surface area contributed by atoms with Crippen LogP contribution in [0.15, 0.2) is 35.0 Å². The van der Waals surface area contributed by atoms with E-state index >= 15 is 0 Å². The molecule has 6 heteroatoms. The predicted octanol–water partition coefficient (Wildman–Crippen LogP) is 3.38. The second-order valence-corrected chi connectivity index (χ2v) is 7.84. The first kappa shape index (κ1) is 17.8. The van der Waals surface area contributed by atoms with Gasteiger partial charge < -0.3 is 14.8 Å². The zero-order valence-corrected chi connectivity index (χ0v) is 16.0. The molecule has 0 fully saturated rings. The number of amides is 1. The topological polar surface area (TPSA) is 83.0 Å². The summed E-state index contributed by atoms with van der Waals surface area (Å²) < 4.78 is 5.07. The smallest absolute Gasteiger partial charge is 0.237 e. The van der Waals surface area contributed by atoms with Gasteiger partial charge in [0.1, 0.15) is 11.5 Å². The molecule has 142 valence electrons. The largest absolute Gasteiger partial charge is 0.361 e. The Bertz CT molecular complexity index is 956. The van der Waals surface area contributed by atoms with E-state index < -0.39 is 0 Å². The third kappa shape index (κ3) is 3.62. The molecule has 0 radical (unpaired) electrons. The maximum atomic E-state index is 12.9. The van der Waals surface area contributed by atoms with Crippen LogP contribution in [0.3, 0.4) is 0 Å². The van der Waals surface area contributed by atoms with Gasteiger partial charge in [-0.2, -0.15) is 0 Å². The molecule has 1 aromatic carbocycles. The Morgan fingerprint density at radius 1 is 1.41 bits per heavy atom. The molecule has 3 heterocycles. The van der Waals surface area contributed by atoms with Crippen LogP contribution in [0.25, 0.3) is 10.9 Å². The zero-order valence-electron chi connectivity index (χ0n) is 16.0. The molecule has 0 unspecified atom stereocenters. The van der Waals surface area contributed by atoms with Crippen molar-refractivity contribution in [3.8, 4) is 0 Å². The number of benzene rings is 1. The van der Waals surface area contributed by atoms with Crippen LogP contribution >= 0.6 is 0 Å². The second-order valence-electron chi connectivity index (χ2n) is 7.84. The minimum atomic E-state index is -0.284. The highest BCUT2D eigenvalue weighted by atomic mass is 16.5. The summed E-state index contributed by atoms with van der Waals surface area (Å²) >= 11 is 0. The number of carbonyl (C=O) groups is 1. The van der Waals surface area contributed by atoms with Gasteiger partial charge in [-0.3, -0.25) is 10.1 Å². The van der Waals surface area contributed by atoms with Crippen molar-refractivity contribution in [2.24, 2.45) is 5.92 Å². The molecule has 2 aromatic heterocycles. The number of hydrogen-bond acceptors (Lipinski definition) is 4. The van der Waals surface area contributed by atoms with Gasteiger partial charge in [0.2, 0.25) is 5.91 Å². The Hall–Kier alpha value is -2.60. The fourth-order valence-electron chi connectivity index (χ4n) is 3.99. The summed E-state index contributed by atoms with van der Waals surface area (Å²) in [4.78, 5) is 16.3. The van der Waals surface area contributed by atoms with Gasteiger partial charge in [0.25, 0.3) is 0 Å². The summed E-state index contributed by atoms with van der Waals surface area (Å²) in [6.45, 7) is 6.65. The van der Waals surface area contributed by atoms with Gasteiger partial charge in [-0.25, -0.2) is 0 Å². The zero-order chi connectivity index (χ0) is 19.0. The van der Waals surface area contributed by atoms with E-state index in [2.05, 4.69) is 52.8 Å². The third-order valence-corrected chi connectivity index (χ3v) is 5.17. The normalized spacial score (nSPS) is 19.4. The summed E-state index contributed by atoms with van der Waals surface area (Å²) in [5.41, 5.74) is 4.34. The Morgan fingerprint density at radius 2 is 2.26 bits per heavy atom. The molecule has 27 heavy (non-hydrogen) atoms. The molecule has 1 aliphatic rings. The van der Waals surface area contributed by atoms with E-state index in [1.165, 1.54) is 16.5 Å². The van der Waals surface area contributed by atoms with Crippen molar-refractivity contribution in [1.82, 2.24) is 20.8 Å². The van der Waals surface area contributed by atoms with E-state index in [1.807, 2.05) is 19.2 Å². The van der Waals surface area contributed by atoms with E-state index in [0.29, 0.717) is 18.9 Å². The molecule has 6 nitrogen and oxygen atoms in total. The van der Waals surface area contributed by atoms with Gasteiger partial charge >= 0.3 is 0 Å². The third-order valence-electron chi connectivity index (χ3n) is 5.17. The first-order chi connectivity index (χ1) is 13.0. The molecular weight excluding hydrogens is 340 g/mol. The molecule has 0 aliphatic carbocycles. The molecule has 3 aromatic rings. The Morgan fingerprint density at radius 3 is 3.00 bits per heavy atom. The van der Waals surface area contributed by atoms with E-state index in [-0.39, 0.29) is 18.0 Å². The lowest BCUT2D eigenvalue weighted by atomic mass is 9.94. The number of aromatic nitrogens is 2. The lowest BCUT2D eigenvalue weighted by molar-refractivity contribution is -0.123. The van der Waals surface area contributed by atoms with Gasteiger partial charge in [0, 0.05) is 29.2 Å². The molecule has 0 bridgehead atoms. The van der Waals surface area contributed by atoms with E-state index in [4.69, 9.17) is 4.52 Å². The van der Waals surface area contributed by atoms with Crippen LogP contribution in [0.5, 0.6) is 0 Å². The van der Waals surface area contributed by atoms with Crippen LogP contribution in [0, 0.1) is 12.8 Å². The number of aryl methyl sites for hydroxylation is 1. The van der Waals surface area contributed by atoms with Crippen molar-refractivity contribution >= 4 is 16.8 Å². The SMILES string of the molecule is Cc1cc(CNC(=O)[C@@H]2Cc3c[nH]c4cccc(c34)[C@H](CC(C)C)N2)no1. The van der Waals surface area contributed by atoms with Crippen LogP contribution in [-0.4, -0.2) is 22.1 Å². The van der Waals surface area contributed by atoms with Crippen LogP contribution in [-0.2, 0) is 17.8 Å². The van der Waals surface area contributed by atoms with E-state index in [0.717, 1.165) is 23.4 Å². The maximum Gasteiger partial charge on any atom is 0.237 e. The highest BCUT2D eigenvalue weighted by molar-refractivity contribution is 5.90. The van der Waals surface area contributed by atoms with Crippen LogP contribution in [0.1, 0.15) is 48.9 Å². The summed E-state index contributed by atoms with van der Waals surface area (Å²) in [5.74, 6) is 1.26. The average Bonchev–Trinajstić information content (AvgIpc) is 3.20. The maximum absolute atomic E-state index is 12.9. The van der Waals surface area contributed by atoms with Gasteiger partial charge in [-0.15, -0.1) is 0 Å². The van der Waals surface area contributed by atoms with Crippen molar-refractivity contribution in [2.75, 3.05) is 0 Å². The van der Waals surface area contributed by atoms with Gasteiger partial charge in [0.15, 0.2) is 0 Å². The summed E-state index contributed by atoms with van der Waals surface area (Å²) in [5, 5.41) is 11.8. The molecule has 0 spiro atoms. The minimum absolute atomic E-state index is 0.00781. The number of carbonyl (C=O) groups excluding carboxylic acids is 1. The van der Waals surface area contributed by atoms with Crippen LogP contribution in [0.2, 0.25) is 0 Å². The molecule has 4 rings (SSSR count). The lowest BCUT2D eigenvalue weighted by Gasteiger charge is -2.25. The summed E-state index contributed by atoms with van der Waals surface area (Å²) in [6.07, 6.45) is 3.68. The van der Waals surface area contributed by atoms with Crippen molar-refractivity contribution in [3.63, 3.8) is 0 Å². The van der Waals surface area contributed by atoms with Crippen molar-refractivity contribution in [2.45, 2.75) is 52.2 Å². The molecule has 0 saturated carbocycles. The quantitative estimate of drug-likeness (QED) is 0.646. The minimum Gasteiger partial charge on any atom is -0.361 e. The van der Waals surface area contributed by atoms with E-state index in [1.54, 1.807) is 0 Å². The molecule has 1 aliphatic heterocycles. The number of rotatable bonds is 5. The Kier molecular flexibility index (Phi) is 4.74. The summed E-state index contributed by atoms with van der Waals surface area (Å²) in [6, 6.07) is 8.07. The highest BCUT2D eigenvalue weighted by Crippen LogP contribution is 2.34. The van der Waals surface area contributed by atoms with Crippen LogP contribution in [0.4, 0.5) is 0 Å². The number of nitrogens with zero attached hydrogens (tertiary/aromatic N) is 1. The van der Waals surface area contributed by atoms with Gasteiger partial charge in [0.05, 0.1) is 12.6 Å². The molecule has 2 atom stereocenters. The van der Waals surface area contributed by atoms with Crippen molar-refractivity contribution in [1.29, 1.82) is 0 Å². The molecular formula is C21H26N4O2. The monoisotopic (exact) mass is 366 g/mol. The summed E-state index contributed by atoms with van der Waals surface area (Å²) in [7, 11) is 0. The number of H-pyrrole nitrogens is 1. The average molecular weight is 366 g/mol. The number of nitrogens with one attached hydrogen (secondary N) is 3. The fraction of sp³-hybridized carbons (Fsp3) is 0.429. The van der Waals surface area contributed by atoms with Gasteiger partial charge in [-0.05, 0) is 42.9 Å². The molecule has 1 amide bonds. The predicted molar refractivity (Wildman–Crippen MR) is 104 cm³/mol. The lowest BCUT2D eigenvalue weighted by Crippen LogP contribution is -2.46. The number of aromatic amines is 1. The Labute approximate surface area is 158 Å². The van der Waals surface area contributed by atoms with Gasteiger partial charge in [-0.1, -0.05) is 31.1 Å². The molecule has 0 saturated heterocycles. The van der Waals surface area contributed by atoms with Crippen molar-refractivity contribution in [3.05, 3.63) is 53.0 Å². The van der Waals surface area contributed by atoms with E-state index in [9.17, 15) is 4.79 Å². The van der Waals surface area contributed by atoms with Crippen molar-refractivity contribution < 1.29 is 9.32 Å².